The number of fused-ring (bicyclic) bond motifs is 1. The molecule has 0 amide bonds. The minimum absolute atomic E-state index is 0.286. The van der Waals surface area contributed by atoms with E-state index >= 15 is 4.39 Å². The largest absolute Gasteiger partial charge is 0.486 e. The van der Waals surface area contributed by atoms with Crippen LogP contribution in [0.25, 0.3) is 22.8 Å². The zero-order valence-electron chi connectivity index (χ0n) is 19.9. The molecular formula is C27H27ClFN5O2. The number of H-pyrrole nitrogens is 1. The fourth-order valence-electron chi connectivity index (χ4n) is 4.21. The second-order valence-corrected chi connectivity index (χ2v) is 9.18. The molecule has 1 unspecified atom stereocenters. The molecule has 1 aromatic carbocycles. The van der Waals surface area contributed by atoms with Crippen LogP contribution < -0.4 is 10.1 Å². The zero-order chi connectivity index (χ0) is 24.9. The van der Waals surface area contributed by atoms with Crippen LogP contribution in [0.4, 0.5) is 4.39 Å². The number of hydrogen-bond donors (Lipinski definition) is 2. The van der Waals surface area contributed by atoms with Gasteiger partial charge in [0.1, 0.15) is 17.7 Å². The van der Waals surface area contributed by atoms with E-state index < -0.39 is 5.83 Å². The van der Waals surface area contributed by atoms with E-state index in [2.05, 4.69) is 25.5 Å². The number of benzene rings is 1. The number of halogens is 2. The van der Waals surface area contributed by atoms with Gasteiger partial charge in [-0.1, -0.05) is 11.6 Å². The number of rotatable bonds is 8. The maximum Gasteiger partial charge on any atom is 0.134 e. The third kappa shape index (κ3) is 5.73. The Morgan fingerprint density at radius 2 is 2.11 bits per heavy atom. The van der Waals surface area contributed by atoms with Crippen LogP contribution in [0.2, 0.25) is 5.02 Å². The number of hydrogen-bond acceptors (Lipinski definition) is 6. The molecule has 0 bridgehead atoms. The summed E-state index contributed by atoms with van der Waals surface area (Å²) in [5.41, 5.74) is 3.37. The highest BCUT2D eigenvalue weighted by atomic mass is 35.5. The van der Waals surface area contributed by atoms with Crippen molar-refractivity contribution in [3.8, 4) is 5.75 Å². The topological polar surface area (TPSA) is 85.0 Å². The normalized spacial score (nSPS) is 15.8. The van der Waals surface area contributed by atoms with Crippen molar-refractivity contribution in [3.05, 3.63) is 82.5 Å². The van der Waals surface area contributed by atoms with Gasteiger partial charge in [0, 0.05) is 67.0 Å². The van der Waals surface area contributed by atoms with Gasteiger partial charge in [-0.25, -0.2) is 4.39 Å². The zero-order valence-corrected chi connectivity index (χ0v) is 20.6. The van der Waals surface area contributed by atoms with E-state index in [-0.39, 0.29) is 6.10 Å². The van der Waals surface area contributed by atoms with Crippen molar-refractivity contribution < 1.29 is 13.9 Å². The van der Waals surface area contributed by atoms with Crippen molar-refractivity contribution in [1.82, 2.24) is 25.5 Å². The van der Waals surface area contributed by atoms with Gasteiger partial charge in [-0.3, -0.25) is 15.1 Å². The van der Waals surface area contributed by atoms with Crippen molar-refractivity contribution in [1.29, 1.82) is 0 Å². The van der Waals surface area contributed by atoms with E-state index in [1.807, 2.05) is 37.3 Å². The maximum atomic E-state index is 15.1. The fourth-order valence-corrected chi connectivity index (χ4v) is 4.48. The first-order valence-electron chi connectivity index (χ1n) is 11.9. The molecule has 0 spiro atoms. The lowest BCUT2D eigenvalue weighted by Gasteiger charge is -2.23. The number of nitrogens with one attached hydrogen (secondary N) is 2. The summed E-state index contributed by atoms with van der Waals surface area (Å²) in [6, 6.07) is 11.4. The van der Waals surface area contributed by atoms with Crippen molar-refractivity contribution in [2.75, 3.05) is 13.2 Å². The van der Waals surface area contributed by atoms with Crippen LogP contribution in [0.1, 0.15) is 48.4 Å². The molecule has 4 heterocycles. The standard InChI is InChI=1S/C27H27ClFN5O2/c1-17(22-6-9-30-16-24(22)28)36-21-4-5-26-23(12-21)27(34-33-26)13-25(29)18-2-3-20(31-14-18)15-32-19-7-10-35-11-8-19/h2-6,9,12-14,16-17,19,32H,7-8,10-11,15H2,1H3,(H,33,34)/b25-13-. The molecule has 1 atom stereocenters. The van der Waals surface area contributed by atoms with Gasteiger partial charge in [-0.2, -0.15) is 5.10 Å². The molecule has 0 saturated carbocycles. The van der Waals surface area contributed by atoms with Gasteiger partial charge in [0.15, 0.2) is 0 Å². The molecular weight excluding hydrogens is 481 g/mol. The summed E-state index contributed by atoms with van der Waals surface area (Å²) in [6.07, 6.45) is 7.96. The molecule has 186 valence electrons. The van der Waals surface area contributed by atoms with Crippen LogP contribution in [0, 0.1) is 0 Å². The molecule has 3 aromatic heterocycles. The van der Waals surface area contributed by atoms with Gasteiger partial charge in [0.2, 0.25) is 0 Å². The molecule has 0 radical (unpaired) electrons. The summed E-state index contributed by atoms with van der Waals surface area (Å²) >= 11 is 6.25. The number of aromatic nitrogens is 4. The average Bonchev–Trinajstić information content (AvgIpc) is 3.30. The van der Waals surface area contributed by atoms with Crippen LogP contribution in [0.3, 0.4) is 0 Å². The quantitative estimate of drug-likeness (QED) is 0.309. The predicted molar refractivity (Wildman–Crippen MR) is 138 cm³/mol. The Kier molecular flexibility index (Phi) is 7.55. The molecule has 1 saturated heterocycles. The Morgan fingerprint density at radius 1 is 1.25 bits per heavy atom. The first-order valence-corrected chi connectivity index (χ1v) is 12.3. The molecule has 36 heavy (non-hydrogen) atoms. The van der Waals surface area contributed by atoms with E-state index in [0.29, 0.717) is 40.1 Å². The molecule has 1 aliphatic heterocycles. The molecule has 4 aromatic rings. The molecule has 7 nitrogen and oxygen atoms in total. The lowest BCUT2D eigenvalue weighted by molar-refractivity contribution is 0.0775. The van der Waals surface area contributed by atoms with Gasteiger partial charge in [0.25, 0.3) is 0 Å². The Labute approximate surface area is 213 Å². The first kappa shape index (κ1) is 24.4. The van der Waals surface area contributed by atoms with Crippen LogP contribution in [0.5, 0.6) is 5.75 Å². The highest BCUT2D eigenvalue weighted by Crippen LogP contribution is 2.30. The predicted octanol–water partition coefficient (Wildman–Crippen LogP) is 5.88. The van der Waals surface area contributed by atoms with E-state index in [9.17, 15) is 0 Å². The summed E-state index contributed by atoms with van der Waals surface area (Å²) in [5.74, 6) is 0.225. The highest BCUT2D eigenvalue weighted by molar-refractivity contribution is 6.31. The summed E-state index contributed by atoms with van der Waals surface area (Å²) < 4.78 is 26.6. The third-order valence-corrected chi connectivity index (χ3v) is 6.59. The van der Waals surface area contributed by atoms with E-state index in [4.69, 9.17) is 21.1 Å². The van der Waals surface area contributed by atoms with Gasteiger partial charge < -0.3 is 14.8 Å². The number of nitrogens with zero attached hydrogens (tertiary/aromatic N) is 3. The molecule has 0 aliphatic carbocycles. The first-order chi connectivity index (χ1) is 17.6. The third-order valence-electron chi connectivity index (χ3n) is 6.27. The monoisotopic (exact) mass is 507 g/mol. The molecule has 5 rings (SSSR count). The van der Waals surface area contributed by atoms with Crippen LogP contribution in [0.15, 0.2) is 55.0 Å². The Hall–Kier alpha value is -3.33. The Balaban J connectivity index is 1.29. The van der Waals surface area contributed by atoms with Crippen molar-refractivity contribution in [3.63, 3.8) is 0 Å². The number of ether oxygens (including phenoxy) is 2. The van der Waals surface area contributed by atoms with Crippen LogP contribution >= 0.6 is 11.6 Å². The van der Waals surface area contributed by atoms with Gasteiger partial charge >= 0.3 is 0 Å². The maximum absolute atomic E-state index is 15.1. The second kappa shape index (κ2) is 11.2. The van der Waals surface area contributed by atoms with E-state index in [1.54, 1.807) is 24.7 Å². The number of aromatic amines is 1. The summed E-state index contributed by atoms with van der Waals surface area (Å²) in [4.78, 5) is 8.43. The second-order valence-electron chi connectivity index (χ2n) is 8.77. The fraction of sp³-hybridized carbons (Fsp3) is 0.296. The molecule has 9 heteroatoms. The smallest absolute Gasteiger partial charge is 0.134 e. The molecule has 1 aliphatic rings. The van der Waals surface area contributed by atoms with Gasteiger partial charge in [-0.15, -0.1) is 0 Å². The van der Waals surface area contributed by atoms with Crippen molar-refractivity contribution >= 4 is 34.4 Å². The summed E-state index contributed by atoms with van der Waals surface area (Å²) in [5, 5.41) is 12.0. The van der Waals surface area contributed by atoms with Crippen LogP contribution in [-0.4, -0.2) is 39.4 Å². The van der Waals surface area contributed by atoms with E-state index in [0.717, 1.165) is 42.7 Å². The van der Waals surface area contributed by atoms with Crippen molar-refractivity contribution in [2.45, 2.75) is 38.5 Å². The minimum atomic E-state index is -0.403. The Bertz CT molecular complexity index is 1350. The average molecular weight is 508 g/mol. The minimum Gasteiger partial charge on any atom is -0.486 e. The lowest BCUT2D eigenvalue weighted by atomic mass is 10.1. The van der Waals surface area contributed by atoms with Crippen molar-refractivity contribution in [2.24, 2.45) is 0 Å². The van der Waals surface area contributed by atoms with Crippen LogP contribution in [-0.2, 0) is 11.3 Å². The lowest BCUT2D eigenvalue weighted by Crippen LogP contribution is -2.34. The SMILES string of the molecule is CC(Oc1ccc2n[nH]c(/C=C(\F)c3ccc(CNC4CCOCC4)nc3)c2c1)c1ccncc1Cl. The van der Waals surface area contributed by atoms with Gasteiger partial charge in [0.05, 0.1) is 21.9 Å². The summed E-state index contributed by atoms with van der Waals surface area (Å²) in [6.45, 7) is 4.13. The highest BCUT2D eigenvalue weighted by Gasteiger charge is 2.15. The number of pyridine rings is 2. The van der Waals surface area contributed by atoms with Gasteiger partial charge in [-0.05, 0) is 56.2 Å². The molecule has 2 N–H and O–H groups in total. The molecule has 1 fully saturated rings. The van der Waals surface area contributed by atoms with E-state index in [1.165, 1.54) is 6.08 Å². The Morgan fingerprint density at radius 3 is 2.89 bits per heavy atom. The summed E-state index contributed by atoms with van der Waals surface area (Å²) in [7, 11) is 0.